The number of methoxy groups -OCH3 is 1. The molecule has 4 heteroatoms. The highest BCUT2D eigenvalue weighted by Gasteiger charge is 2.31. The van der Waals surface area contributed by atoms with Gasteiger partial charge >= 0.3 is 5.97 Å². The summed E-state index contributed by atoms with van der Waals surface area (Å²) in [6.45, 7) is 12.0. The van der Waals surface area contributed by atoms with Gasteiger partial charge in [0.2, 0.25) is 0 Å². The molecule has 0 bridgehead atoms. The van der Waals surface area contributed by atoms with Crippen molar-refractivity contribution in [2.45, 2.75) is 27.7 Å². The van der Waals surface area contributed by atoms with Crippen molar-refractivity contribution in [2.24, 2.45) is 11.3 Å². The molecule has 0 spiro atoms. The normalized spacial score (nSPS) is 12.6. The summed E-state index contributed by atoms with van der Waals surface area (Å²) in [5, 5.41) is 0. The van der Waals surface area contributed by atoms with Crippen LogP contribution in [0, 0.1) is 11.3 Å². The Morgan fingerprint density at radius 3 is 2.17 bits per heavy atom. The maximum atomic E-state index is 11.7. The van der Waals surface area contributed by atoms with Gasteiger partial charge in [0.05, 0.1) is 12.5 Å². The van der Waals surface area contributed by atoms with Crippen molar-refractivity contribution in [3.8, 4) is 0 Å². The SMILES string of the molecule is COC(=O)C(C)(C)CN(CCN(C)C)CC(C)C. The third kappa shape index (κ3) is 6.97. The van der Waals surface area contributed by atoms with E-state index < -0.39 is 5.41 Å². The molecule has 0 aromatic heterocycles. The number of hydrogen-bond donors (Lipinski definition) is 0. The maximum Gasteiger partial charge on any atom is 0.312 e. The average Bonchev–Trinajstić information content (AvgIpc) is 2.23. The third-order valence-corrected chi connectivity index (χ3v) is 2.84. The van der Waals surface area contributed by atoms with E-state index in [1.165, 1.54) is 7.11 Å². The summed E-state index contributed by atoms with van der Waals surface area (Å²) >= 11 is 0. The van der Waals surface area contributed by atoms with Crippen LogP contribution in [0.4, 0.5) is 0 Å². The highest BCUT2D eigenvalue weighted by molar-refractivity contribution is 5.76. The Morgan fingerprint density at radius 1 is 1.22 bits per heavy atom. The van der Waals surface area contributed by atoms with Crippen LogP contribution in [0.15, 0.2) is 0 Å². The molecule has 0 saturated heterocycles. The minimum absolute atomic E-state index is 0.138. The molecule has 0 aliphatic heterocycles. The van der Waals surface area contributed by atoms with Gasteiger partial charge in [-0.25, -0.2) is 0 Å². The first kappa shape index (κ1) is 17.4. The first-order valence-electron chi connectivity index (χ1n) is 6.64. The summed E-state index contributed by atoms with van der Waals surface area (Å²) in [6.07, 6.45) is 0. The Kier molecular flexibility index (Phi) is 7.48. The van der Waals surface area contributed by atoms with E-state index >= 15 is 0 Å². The van der Waals surface area contributed by atoms with Gasteiger partial charge in [0, 0.05) is 26.2 Å². The number of carbonyl (C=O) groups is 1. The number of likely N-dealkylation sites (N-methyl/N-ethyl adjacent to an activating group) is 1. The molecule has 0 unspecified atom stereocenters. The predicted molar refractivity (Wildman–Crippen MR) is 75.6 cm³/mol. The largest absolute Gasteiger partial charge is 0.469 e. The topological polar surface area (TPSA) is 32.8 Å². The summed E-state index contributed by atoms with van der Waals surface area (Å²) < 4.78 is 4.87. The van der Waals surface area contributed by atoms with E-state index in [1.54, 1.807) is 0 Å². The van der Waals surface area contributed by atoms with Gasteiger partial charge in [-0.1, -0.05) is 13.8 Å². The zero-order valence-corrected chi connectivity index (χ0v) is 13.1. The summed E-state index contributed by atoms with van der Waals surface area (Å²) in [7, 11) is 5.59. The lowest BCUT2D eigenvalue weighted by Crippen LogP contribution is -2.43. The van der Waals surface area contributed by atoms with Crippen LogP contribution in [0.3, 0.4) is 0 Å². The molecule has 0 aromatic rings. The zero-order chi connectivity index (χ0) is 14.3. The summed E-state index contributed by atoms with van der Waals surface area (Å²) in [5.41, 5.74) is -0.448. The molecule has 0 radical (unpaired) electrons. The second kappa shape index (κ2) is 7.74. The van der Waals surface area contributed by atoms with Gasteiger partial charge in [0.1, 0.15) is 0 Å². The van der Waals surface area contributed by atoms with Crippen molar-refractivity contribution < 1.29 is 9.53 Å². The van der Waals surface area contributed by atoms with Crippen molar-refractivity contribution >= 4 is 5.97 Å². The van der Waals surface area contributed by atoms with E-state index in [9.17, 15) is 4.79 Å². The van der Waals surface area contributed by atoms with Gasteiger partial charge in [0.15, 0.2) is 0 Å². The van der Waals surface area contributed by atoms with E-state index in [1.807, 2.05) is 13.8 Å². The zero-order valence-electron chi connectivity index (χ0n) is 13.1. The minimum Gasteiger partial charge on any atom is -0.469 e. The molecule has 0 aromatic carbocycles. The number of rotatable bonds is 8. The minimum atomic E-state index is -0.448. The molecule has 0 fully saturated rings. The van der Waals surface area contributed by atoms with Gasteiger partial charge in [-0.2, -0.15) is 0 Å². The Bertz CT molecular complexity index is 250. The van der Waals surface area contributed by atoms with Crippen LogP contribution >= 0.6 is 0 Å². The Morgan fingerprint density at radius 2 is 1.78 bits per heavy atom. The van der Waals surface area contributed by atoms with Gasteiger partial charge in [-0.05, 0) is 33.9 Å². The average molecular weight is 258 g/mol. The Hall–Kier alpha value is -0.610. The highest BCUT2D eigenvalue weighted by Crippen LogP contribution is 2.19. The monoisotopic (exact) mass is 258 g/mol. The summed E-state index contributed by atoms with van der Waals surface area (Å²) in [5.74, 6) is 0.460. The van der Waals surface area contributed by atoms with E-state index in [2.05, 4.69) is 37.7 Å². The quantitative estimate of drug-likeness (QED) is 0.621. The number of esters is 1. The summed E-state index contributed by atoms with van der Waals surface area (Å²) in [4.78, 5) is 16.2. The molecule has 0 amide bonds. The smallest absolute Gasteiger partial charge is 0.312 e. The molecule has 0 atom stereocenters. The van der Waals surface area contributed by atoms with Crippen LogP contribution in [0.25, 0.3) is 0 Å². The van der Waals surface area contributed by atoms with Crippen LogP contribution in [-0.4, -0.2) is 63.2 Å². The van der Waals surface area contributed by atoms with Crippen LogP contribution in [0.2, 0.25) is 0 Å². The number of hydrogen-bond acceptors (Lipinski definition) is 4. The van der Waals surface area contributed by atoms with E-state index in [0.29, 0.717) is 5.92 Å². The molecule has 0 heterocycles. The van der Waals surface area contributed by atoms with Crippen molar-refractivity contribution in [3.63, 3.8) is 0 Å². The van der Waals surface area contributed by atoms with Crippen molar-refractivity contribution in [3.05, 3.63) is 0 Å². The van der Waals surface area contributed by atoms with Gasteiger partial charge in [0.25, 0.3) is 0 Å². The molecule has 0 rings (SSSR count). The Balaban J connectivity index is 4.51. The van der Waals surface area contributed by atoms with Crippen LogP contribution in [-0.2, 0) is 9.53 Å². The predicted octanol–water partition coefficient (Wildman–Crippen LogP) is 1.71. The lowest BCUT2D eigenvalue weighted by molar-refractivity contribution is -0.151. The Labute approximate surface area is 112 Å². The first-order valence-corrected chi connectivity index (χ1v) is 6.64. The lowest BCUT2D eigenvalue weighted by atomic mass is 9.92. The highest BCUT2D eigenvalue weighted by atomic mass is 16.5. The molecular formula is C14H30N2O2. The van der Waals surface area contributed by atoms with E-state index in [4.69, 9.17) is 4.74 Å². The standard InChI is InChI=1S/C14H30N2O2/c1-12(2)10-16(9-8-15(5)6)11-14(3,4)13(17)18-7/h12H,8-11H2,1-7H3. The molecular weight excluding hydrogens is 228 g/mol. The second-order valence-corrected chi connectivity index (χ2v) is 6.31. The number of carbonyl (C=O) groups excluding carboxylic acids is 1. The van der Waals surface area contributed by atoms with Gasteiger partial charge < -0.3 is 14.5 Å². The number of ether oxygens (including phenoxy) is 1. The molecule has 0 aliphatic carbocycles. The molecule has 0 aliphatic rings. The van der Waals surface area contributed by atoms with E-state index in [0.717, 1.165) is 26.2 Å². The second-order valence-electron chi connectivity index (χ2n) is 6.31. The van der Waals surface area contributed by atoms with Gasteiger partial charge in [-0.3, -0.25) is 4.79 Å². The van der Waals surface area contributed by atoms with Crippen LogP contribution in [0.5, 0.6) is 0 Å². The number of nitrogens with zero attached hydrogens (tertiary/aromatic N) is 2. The molecule has 0 saturated carbocycles. The van der Waals surface area contributed by atoms with E-state index in [-0.39, 0.29) is 5.97 Å². The van der Waals surface area contributed by atoms with Crippen molar-refractivity contribution in [2.75, 3.05) is 47.4 Å². The molecule has 4 nitrogen and oxygen atoms in total. The van der Waals surface area contributed by atoms with Crippen LogP contribution in [0.1, 0.15) is 27.7 Å². The molecule has 18 heavy (non-hydrogen) atoms. The van der Waals surface area contributed by atoms with Crippen molar-refractivity contribution in [1.29, 1.82) is 0 Å². The maximum absolute atomic E-state index is 11.7. The van der Waals surface area contributed by atoms with Crippen molar-refractivity contribution in [1.82, 2.24) is 9.80 Å². The fraction of sp³-hybridized carbons (Fsp3) is 0.929. The fourth-order valence-electron chi connectivity index (χ4n) is 1.99. The fourth-order valence-corrected chi connectivity index (χ4v) is 1.99. The molecule has 0 N–H and O–H groups in total. The lowest BCUT2D eigenvalue weighted by Gasteiger charge is -2.32. The van der Waals surface area contributed by atoms with Crippen LogP contribution < -0.4 is 0 Å². The summed E-state index contributed by atoms with van der Waals surface area (Å²) in [6, 6.07) is 0. The molecule has 108 valence electrons. The third-order valence-electron chi connectivity index (χ3n) is 2.84. The first-order chi connectivity index (χ1) is 8.19. The van der Waals surface area contributed by atoms with Gasteiger partial charge in [-0.15, -0.1) is 0 Å².